The zero-order valence-electron chi connectivity index (χ0n) is 15.4. The quantitative estimate of drug-likeness (QED) is 0.562. The molecule has 0 saturated heterocycles. The normalized spacial score (nSPS) is 12.5. The van der Waals surface area contributed by atoms with Gasteiger partial charge < -0.3 is 20.3 Å². The molecule has 2 N–H and O–H groups in total. The van der Waals surface area contributed by atoms with Gasteiger partial charge >= 0.3 is 0 Å². The van der Waals surface area contributed by atoms with Gasteiger partial charge in [-0.3, -0.25) is 4.79 Å². The van der Waals surface area contributed by atoms with Crippen molar-refractivity contribution in [1.82, 2.24) is 15.5 Å². The van der Waals surface area contributed by atoms with Crippen LogP contribution in [0.4, 0.5) is 0 Å². The van der Waals surface area contributed by atoms with Crippen molar-refractivity contribution in [3.63, 3.8) is 0 Å². The summed E-state index contributed by atoms with van der Waals surface area (Å²) in [5.74, 6) is 1.48. The van der Waals surface area contributed by atoms with Crippen LogP contribution in [0.5, 0.6) is 5.75 Å². The van der Waals surface area contributed by atoms with Crippen LogP contribution in [0.25, 0.3) is 0 Å². The molecule has 1 atom stereocenters. The second-order valence-corrected chi connectivity index (χ2v) is 5.95. The van der Waals surface area contributed by atoms with Crippen molar-refractivity contribution < 1.29 is 9.53 Å². The molecule has 6 nitrogen and oxygen atoms in total. The number of hydrogen-bond donors (Lipinski definition) is 2. The van der Waals surface area contributed by atoms with E-state index in [1.54, 1.807) is 14.1 Å². The molecule has 0 aliphatic heterocycles. The number of hydrogen-bond acceptors (Lipinski definition) is 3. The van der Waals surface area contributed by atoms with Gasteiger partial charge in [0.25, 0.3) is 0 Å². The van der Waals surface area contributed by atoms with Gasteiger partial charge in [-0.25, -0.2) is 4.99 Å². The maximum atomic E-state index is 11.7. The second kappa shape index (κ2) is 10.5. The Bertz CT molecular complexity index is 544. The SMILES string of the molecule is CCCNC(=NCC(=O)N(C)C)NCC(C)Oc1ccccc1C. The number of benzene rings is 1. The lowest BCUT2D eigenvalue weighted by molar-refractivity contribution is -0.127. The minimum atomic E-state index is -0.0307. The molecular formula is C18H30N4O2. The maximum Gasteiger partial charge on any atom is 0.243 e. The second-order valence-electron chi connectivity index (χ2n) is 5.95. The predicted octanol–water partition coefficient (Wildman–Crippen LogP) is 1.80. The summed E-state index contributed by atoms with van der Waals surface area (Å²) in [5, 5.41) is 6.44. The van der Waals surface area contributed by atoms with E-state index in [1.807, 2.05) is 38.1 Å². The molecule has 1 rings (SSSR count). The number of guanidine groups is 1. The van der Waals surface area contributed by atoms with Gasteiger partial charge in [-0.05, 0) is 31.9 Å². The summed E-state index contributed by atoms with van der Waals surface area (Å²) >= 11 is 0. The fourth-order valence-corrected chi connectivity index (χ4v) is 1.89. The average molecular weight is 334 g/mol. The number of aryl methyl sites for hydroxylation is 1. The number of rotatable bonds is 8. The number of nitrogens with zero attached hydrogens (tertiary/aromatic N) is 2. The molecule has 134 valence electrons. The molecule has 1 aromatic rings. The van der Waals surface area contributed by atoms with E-state index in [0.29, 0.717) is 12.5 Å². The van der Waals surface area contributed by atoms with Gasteiger partial charge in [0.05, 0.1) is 6.54 Å². The van der Waals surface area contributed by atoms with Crippen molar-refractivity contribution in [2.75, 3.05) is 33.7 Å². The summed E-state index contributed by atoms with van der Waals surface area (Å²) in [7, 11) is 3.45. The largest absolute Gasteiger partial charge is 0.489 e. The Morgan fingerprint density at radius 1 is 1.29 bits per heavy atom. The molecule has 0 spiro atoms. The van der Waals surface area contributed by atoms with E-state index in [9.17, 15) is 4.79 Å². The molecule has 6 heteroatoms. The molecule has 1 unspecified atom stereocenters. The fourth-order valence-electron chi connectivity index (χ4n) is 1.89. The van der Waals surface area contributed by atoms with Gasteiger partial charge in [0.1, 0.15) is 18.4 Å². The summed E-state index contributed by atoms with van der Waals surface area (Å²) in [4.78, 5) is 17.5. The average Bonchev–Trinajstić information content (AvgIpc) is 2.55. The third kappa shape index (κ3) is 7.35. The topological polar surface area (TPSA) is 66.0 Å². The van der Waals surface area contributed by atoms with Crippen LogP contribution in [0.15, 0.2) is 29.3 Å². The Morgan fingerprint density at radius 3 is 2.62 bits per heavy atom. The lowest BCUT2D eigenvalue weighted by Crippen LogP contribution is -2.42. The van der Waals surface area contributed by atoms with Gasteiger partial charge in [0.15, 0.2) is 5.96 Å². The Labute approximate surface area is 145 Å². The number of amides is 1. The number of nitrogens with one attached hydrogen (secondary N) is 2. The Balaban J connectivity index is 2.55. The highest BCUT2D eigenvalue weighted by atomic mass is 16.5. The van der Waals surface area contributed by atoms with Crippen LogP contribution in [-0.4, -0.2) is 56.6 Å². The summed E-state index contributed by atoms with van der Waals surface area (Å²) in [6.45, 7) is 7.63. The Morgan fingerprint density at radius 2 is 2.00 bits per heavy atom. The third-order valence-electron chi connectivity index (χ3n) is 3.39. The number of aliphatic imine (C=N–C) groups is 1. The zero-order chi connectivity index (χ0) is 17.9. The minimum absolute atomic E-state index is 0.0238. The number of carbonyl (C=O) groups excluding carboxylic acids is 1. The van der Waals surface area contributed by atoms with Crippen molar-refractivity contribution in [1.29, 1.82) is 0 Å². The van der Waals surface area contributed by atoms with E-state index < -0.39 is 0 Å². The third-order valence-corrected chi connectivity index (χ3v) is 3.39. The molecule has 0 radical (unpaired) electrons. The van der Waals surface area contributed by atoms with Crippen molar-refractivity contribution in [2.24, 2.45) is 4.99 Å². The summed E-state index contributed by atoms with van der Waals surface area (Å²) in [6.07, 6.45) is 0.960. The first-order chi connectivity index (χ1) is 11.4. The highest BCUT2D eigenvalue weighted by Gasteiger charge is 2.08. The zero-order valence-corrected chi connectivity index (χ0v) is 15.4. The van der Waals surface area contributed by atoms with E-state index in [2.05, 4.69) is 22.5 Å². The highest BCUT2D eigenvalue weighted by Crippen LogP contribution is 2.17. The van der Waals surface area contributed by atoms with Crippen LogP contribution < -0.4 is 15.4 Å². The number of ether oxygens (including phenoxy) is 1. The molecule has 0 heterocycles. The first-order valence-electron chi connectivity index (χ1n) is 8.38. The molecule has 0 aromatic heterocycles. The van der Waals surface area contributed by atoms with Crippen LogP contribution >= 0.6 is 0 Å². The minimum Gasteiger partial charge on any atom is -0.489 e. The first kappa shape index (κ1) is 19.8. The van der Waals surface area contributed by atoms with Gasteiger partial charge in [-0.1, -0.05) is 25.1 Å². The van der Waals surface area contributed by atoms with Gasteiger partial charge in [-0.2, -0.15) is 0 Å². The molecular weight excluding hydrogens is 304 g/mol. The number of para-hydroxylation sites is 1. The molecule has 24 heavy (non-hydrogen) atoms. The van der Waals surface area contributed by atoms with Gasteiger partial charge in [-0.15, -0.1) is 0 Å². The fraction of sp³-hybridized carbons (Fsp3) is 0.556. The smallest absolute Gasteiger partial charge is 0.243 e. The van der Waals surface area contributed by atoms with Crippen molar-refractivity contribution >= 4 is 11.9 Å². The molecule has 0 bridgehead atoms. The van der Waals surface area contributed by atoms with E-state index in [-0.39, 0.29) is 18.6 Å². The van der Waals surface area contributed by atoms with Crippen LogP contribution in [0, 0.1) is 6.92 Å². The van der Waals surface area contributed by atoms with E-state index in [1.165, 1.54) is 4.90 Å². The molecule has 0 aliphatic carbocycles. The number of carbonyl (C=O) groups is 1. The van der Waals surface area contributed by atoms with Crippen LogP contribution in [-0.2, 0) is 4.79 Å². The van der Waals surface area contributed by atoms with Gasteiger partial charge in [0.2, 0.25) is 5.91 Å². The van der Waals surface area contributed by atoms with Crippen LogP contribution in [0.2, 0.25) is 0 Å². The highest BCUT2D eigenvalue weighted by molar-refractivity contribution is 5.84. The van der Waals surface area contributed by atoms with E-state index >= 15 is 0 Å². The summed E-state index contributed by atoms with van der Waals surface area (Å²) in [6, 6.07) is 7.95. The van der Waals surface area contributed by atoms with Crippen molar-refractivity contribution in [2.45, 2.75) is 33.3 Å². The molecule has 0 saturated carbocycles. The van der Waals surface area contributed by atoms with E-state index in [4.69, 9.17) is 4.74 Å². The molecule has 0 aliphatic rings. The van der Waals surface area contributed by atoms with Crippen molar-refractivity contribution in [3.05, 3.63) is 29.8 Å². The lowest BCUT2D eigenvalue weighted by atomic mass is 10.2. The van der Waals surface area contributed by atoms with Gasteiger partial charge in [0, 0.05) is 20.6 Å². The lowest BCUT2D eigenvalue weighted by Gasteiger charge is -2.19. The predicted molar refractivity (Wildman–Crippen MR) is 98.6 cm³/mol. The molecule has 0 fully saturated rings. The maximum absolute atomic E-state index is 11.7. The summed E-state index contributed by atoms with van der Waals surface area (Å²) in [5.41, 5.74) is 1.11. The monoisotopic (exact) mass is 334 g/mol. The first-order valence-corrected chi connectivity index (χ1v) is 8.38. The standard InChI is InChI=1S/C18H30N4O2/c1-6-11-19-18(21-13-17(23)22(4)5)20-12-15(3)24-16-10-8-7-9-14(16)2/h7-10,15H,6,11-13H2,1-5H3,(H2,19,20,21). The van der Waals surface area contributed by atoms with Crippen LogP contribution in [0.3, 0.4) is 0 Å². The summed E-state index contributed by atoms with van der Waals surface area (Å²) < 4.78 is 5.94. The number of likely N-dealkylation sites (N-methyl/N-ethyl adjacent to an activating group) is 1. The molecule has 1 amide bonds. The Hall–Kier alpha value is -2.24. The van der Waals surface area contributed by atoms with E-state index in [0.717, 1.165) is 24.3 Å². The van der Waals surface area contributed by atoms with Crippen LogP contribution in [0.1, 0.15) is 25.8 Å². The Kier molecular flexibility index (Phi) is 8.68. The molecule has 1 aromatic carbocycles. The van der Waals surface area contributed by atoms with Crippen molar-refractivity contribution in [3.8, 4) is 5.75 Å².